The van der Waals surface area contributed by atoms with Crippen LogP contribution in [0.1, 0.15) is 43.0 Å². The molecule has 2 heterocycles. The fraction of sp³-hybridized carbons (Fsp3) is 0.583. The molecule has 14 heavy (non-hydrogen) atoms. The van der Waals surface area contributed by atoms with Gasteiger partial charge in [-0.3, -0.25) is 4.98 Å². The molecule has 0 spiro atoms. The van der Waals surface area contributed by atoms with Crippen LogP contribution in [0.15, 0.2) is 18.3 Å². The molecule has 0 bridgehead atoms. The summed E-state index contributed by atoms with van der Waals surface area (Å²) < 4.78 is 0. The van der Waals surface area contributed by atoms with Gasteiger partial charge in [0.05, 0.1) is 0 Å². The van der Waals surface area contributed by atoms with Crippen LogP contribution in [0.3, 0.4) is 0 Å². The Morgan fingerprint density at radius 1 is 1.29 bits per heavy atom. The Kier molecular flexibility index (Phi) is 3.14. The van der Waals surface area contributed by atoms with Crippen LogP contribution in [0, 0.1) is 6.92 Å². The van der Waals surface area contributed by atoms with Crippen molar-refractivity contribution in [1.29, 1.82) is 0 Å². The Labute approximate surface area is 85.7 Å². The van der Waals surface area contributed by atoms with Gasteiger partial charge in [0.25, 0.3) is 0 Å². The molecular formula is C12H18N2. The van der Waals surface area contributed by atoms with Gasteiger partial charge in [-0.05, 0) is 37.9 Å². The van der Waals surface area contributed by atoms with Crippen LogP contribution in [-0.4, -0.2) is 11.5 Å². The lowest BCUT2D eigenvalue weighted by Crippen LogP contribution is -2.20. The molecule has 0 radical (unpaired) electrons. The molecule has 1 aliphatic heterocycles. The second-order valence-corrected chi connectivity index (χ2v) is 4.09. The van der Waals surface area contributed by atoms with Crippen LogP contribution < -0.4 is 5.32 Å². The van der Waals surface area contributed by atoms with Crippen molar-refractivity contribution >= 4 is 0 Å². The van der Waals surface area contributed by atoms with E-state index in [1.165, 1.54) is 31.2 Å². The molecule has 1 atom stereocenters. The fourth-order valence-corrected chi connectivity index (χ4v) is 2.00. The van der Waals surface area contributed by atoms with E-state index in [-0.39, 0.29) is 0 Å². The van der Waals surface area contributed by atoms with E-state index in [1.807, 2.05) is 13.1 Å². The van der Waals surface area contributed by atoms with Gasteiger partial charge in [0.15, 0.2) is 0 Å². The lowest BCUT2D eigenvalue weighted by molar-refractivity contribution is 0.533. The van der Waals surface area contributed by atoms with E-state index >= 15 is 0 Å². The minimum Gasteiger partial charge on any atom is -0.310 e. The highest BCUT2D eigenvalue weighted by Crippen LogP contribution is 2.21. The second-order valence-electron chi connectivity index (χ2n) is 4.09. The minimum atomic E-state index is 0.533. The molecule has 0 saturated carbocycles. The first kappa shape index (κ1) is 9.66. The maximum Gasteiger partial charge on any atom is 0.0372 e. The van der Waals surface area contributed by atoms with Crippen molar-refractivity contribution < 1.29 is 0 Å². The van der Waals surface area contributed by atoms with Crippen molar-refractivity contribution in [3.63, 3.8) is 0 Å². The number of pyridine rings is 1. The highest BCUT2D eigenvalue weighted by Gasteiger charge is 2.13. The number of hydrogen-bond acceptors (Lipinski definition) is 2. The zero-order valence-electron chi connectivity index (χ0n) is 8.79. The monoisotopic (exact) mass is 190 g/mol. The van der Waals surface area contributed by atoms with E-state index < -0.39 is 0 Å². The van der Waals surface area contributed by atoms with Crippen LogP contribution in [0.2, 0.25) is 0 Å². The summed E-state index contributed by atoms with van der Waals surface area (Å²) in [5.74, 6) is 0. The molecule has 2 heteroatoms. The van der Waals surface area contributed by atoms with E-state index in [9.17, 15) is 0 Å². The molecule has 1 aromatic heterocycles. The van der Waals surface area contributed by atoms with Crippen LogP contribution >= 0.6 is 0 Å². The average molecular weight is 190 g/mol. The fourth-order valence-electron chi connectivity index (χ4n) is 2.00. The Hall–Kier alpha value is -0.890. The van der Waals surface area contributed by atoms with Gasteiger partial charge < -0.3 is 5.32 Å². The van der Waals surface area contributed by atoms with Gasteiger partial charge in [-0.2, -0.15) is 0 Å². The lowest BCUT2D eigenvalue weighted by Gasteiger charge is -2.15. The number of hydrogen-bond donors (Lipinski definition) is 1. The normalized spacial score (nSPS) is 23.1. The molecule has 2 rings (SSSR count). The summed E-state index contributed by atoms with van der Waals surface area (Å²) in [6, 6.07) is 4.83. The van der Waals surface area contributed by atoms with E-state index in [4.69, 9.17) is 0 Å². The Morgan fingerprint density at radius 3 is 3.00 bits per heavy atom. The number of rotatable bonds is 1. The van der Waals surface area contributed by atoms with E-state index in [1.54, 1.807) is 0 Å². The largest absolute Gasteiger partial charge is 0.310 e. The summed E-state index contributed by atoms with van der Waals surface area (Å²) in [6.45, 7) is 3.18. The summed E-state index contributed by atoms with van der Waals surface area (Å²) in [4.78, 5) is 4.34. The average Bonchev–Trinajstić information content (AvgIpc) is 2.47. The minimum absolute atomic E-state index is 0.533. The maximum atomic E-state index is 4.34. The van der Waals surface area contributed by atoms with Crippen molar-refractivity contribution in [1.82, 2.24) is 10.3 Å². The highest BCUT2D eigenvalue weighted by atomic mass is 14.9. The number of nitrogens with zero attached hydrogens (tertiary/aromatic N) is 1. The summed E-state index contributed by atoms with van der Waals surface area (Å²) in [6.07, 6.45) is 7.28. The van der Waals surface area contributed by atoms with E-state index in [0.29, 0.717) is 6.04 Å². The number of aryl methyl sites for hydroxylation is 1. The first-order chi connectivity index (χ1) is 6.86. The standard InChI is InChI=1S/C12H18N2/c1-10-6-7-11(9-14-10)12-5-3-2-4-8-13-12/h6-7,9,12-13H,2-5,8H2,1H3. The molecule has 1 fully saturated rings. The van der Waals surface area contributed by atoms with E-state index in [2.05, 4.69) is 22.4 Å². The predicted molar refractivity (Wildman–Crippen MR) is 58.2 cm³/mol. The third-order valence-corrected chi connectivity index (χ3v) is 2.90. The maximum absolute atomic E-state index is 4.34. The molecule has 1 unspecified atom stereocenters. The Balaban J connectivity index is 2.08. The SMILES string of the molecule is Cc1ccc(C2CCCCCN2)cn1. The molecule has 0 aliphatic carbocycles. The zero-order valence-corrected chi connectivity index (χ0v) is 8.79. The van der Waals surface area contributed by atoms with Gasteiger partial charge in [0.1, 0.15) is 0 Å². The van der Waals surface area contributed by atoms with Crippen molar-refractivity contribution in [2.75, 3.05) is 6.54 Å². The van der Waals surface area contributed by atoms with Gasteiger partial charge in [-0.1, -0.05) is 18.9 Å². The zero-order chi connectivity index (χ0) is 9.80. The van der Waals surface area contributed by atoms with Crippen molar-refractivity contribution in [3.8, 4) is 0 Å². The highest BCUT2D eigenvalue weighted by molar-refractivity contribution is 5.17. The topological polar surface area (TPSA) is 24.9 Å². The predicted octanol–water partition coefficient (Wildman–Crippen LogP) is 2.59. The van der Waals surface area contributed by atoms with Crippen molar-refractivity contribution in [3.05, 3.63) is 29.6 Å². The summed E-state index contributed by atoms with van der Waals surface area (Å²) in [5, 5.41) is 3.58. The third-order valence-electron chi connectivity index (χ3n) is 2.90. The molecule has 0 aromatic carbocycles. The van der Waals surface area contributed by atoms with Crippen LogP contribution in [-0.2, 0) is 0 Å². The molecule has 0 amide bonds. The molecule has 1 aromatic rings. The summed E-state index contributed by atoms with van der Waals surface area (Å²) in [7, 11) is 0. The van der Waals surface area contributed by atoms with Crippen molar-refractivity contribution in [2.24, 2.45) is 0 Å². The van der Waals surface area contributed by atoms with Crippen LogP contribution in [0.25, 0.3) is 0 Å². The van der Waals surface area contributed by atoms with Crippen LogP contribution in [0.5, 0.6) is 0 Å². The number of nitrogens with one attached hydrogen (secondary N) is 1. The first-order valence-corrected chi connectivity index (χ1v) is 5.52. The van der Waals surface area contributed by atoms with E-state index in [0.717, 1.165) is 12.2 Å². The first-order valence-electron chi connectivity index (χ1n) is 5.52. The molecule has 2 nitrogen and oxygen atoms in total. The second kappa shape index (κ2) is 4.56. The van der Waals surface area contributed by atoms with Gasteiger partial charge >= 0.3 is 0 Å². The molecule has 76 valence electrons. The van der Waals surface area contributed by atoms with Gasteiger partial charge in [-0.15, -0.1) is 0 Å². The summed E-state index contributed by atoms with van der Waals surface area (Å²) in [5.41, 5.74) is 2.44. The smallest absolute Gasteiger partial charge is 0.0372 e. The third kappa shape index (κ3) is 2.32. The van der Waals surface area contributed by atoms with Crippen LogP contribution in [0.4, 0.5) is 0 Å². The molecule has 1 N–H and O–H groups in total. The Bertz CT molecular complexity index is 271. The quantitative estimate of drug-likeness (QED) is 0.736. The Morgan fingerprint density at radius 2 is 2.21 bits per heavy atom. The molecule has 1 saturated heterocycles. The number of aromatic nitrogens is 1. The van der Waals surface area contributed by atoms with Gasteiger partial charge in [-0.25, -0.2) is 0 Å². The molecule has 1 aliphatic rings. The molecular weight excluding hydrogens is 172 g/mol. The van der Waals surface area contributed by atoms with Gasteiger partial charge in [0, 0.05) is 17.9 Å². The van der Waals surface area contributed by atoms with Crippen molar-refractivity contribution in [2.45, 2.75) is 38.6 Å². The van der Waals surface area contributed by atoms with Gasteiger partial charge in [0.2, 0.25) is 0 Å². The summed E-state index contributed by atoms with van der Waals surface area (Å²) >= 11 is 0. The lowest BCUT2D eigenvalue weighted by atomic mass is 10.0.